The molecule has 0 saturated heterocycles. The molecule has 0 aromatic heterocycles. The molecule has 0 aliphatic carbocycles. The molecule has 2 aromatic carbocycles. The average molecular weight is 409 g/mol. The maximum absolute atomic E-state index is 12.9. The van der Waals surface area contributed by atoms with E-state index in [9.17, 15) is 13.2 Å². The monoisotopic (exact) mass is 408 g/mol. The van der Waals surface area contributed by atoms with Gasteiger partial charge in [0.15, 0.2) is 0 Å². The Kier molecular flexibility index (Phi) is 6.54. The lowest BCUT2D eigenvalue weighted by Gasteiger charge is -2.18. The van der Waals surface area contributed by atoms with Crippen LogP contribution in [0.1, 0.15) is 42.3 Å². The zero-order valence-electron chi connectivity index (χ0n) is 16.1. The van der Waals surface area contributed by atoms with Gasteiger partial charge in [-0.25, -0.2) is 8.42 Å². The van der Waals surface area contributed by atoms with Crippen molar-refractivity contribution < 1.29 is 13.2 Å². The number of benzene rings is 2. The summed E-state index contributed by atoms with van der Waals surface area (Å²) in [5.41, 5.74) is 2.52. The summed E-state index contributed by atoms with van der Waals surface area (Å²) in [6, 6.07) is 9.57. The maximum Gasteiger partial charge on any atom is 0.263 e. The van der Waals surface area contributed by atoms with Gasteiger partial charge in [-0.05, 0) is 62.1 Å². The van der Waals surface area contributed by atoms with Crippen molar-refractivity contribution in [3.63, 3.8) is 0 Å². The lowest BCUT2D eigenvalue weighted by molar-refractivity contribution is 0.0930. The largest absolute Gasteiger partial charge is 0.349 e. The normalized spacial score (nSPS) is 12.7. The van der Waals surface area contributed by atoms with Crippen LogP contribution in [0.15, 0.2) is 41.3 Å². The molecule has 0 aliphatic rings. The highest BCUT2D eigenvalue weighted by molar-refractivity contribution is 7.92. The maximum atomic E-state index is 12.9. The number of nitrogens with one attached hydrogen (secondary N) is 2. The van der Waals surface area contributed by atoms with Crippen LogP contribution in [0.25, 0.3) is 0 Å². The number of carbonyl (C=O) groups excluding carboxylic acids is 1. The second kappa shape index (κ2) is 8.31. The molecular weight excluding hydrogens is 384 g/mol. The fraction of sp³-hybridized carbons (Fsp3) is 0.350. The fourth-order valence-corrected chi connectivity index (χ4v) is 4.02. The van der Waals surface area contributed by atoms with Crippen molar-refractivity contribution in [3.05, 3.63) is 58.1 Å². The van der Waals surface area contributed by atoms with Gasteiger partial charge in [0.2, 0.25) is 0 Å². The summed E-state index contributed by atoms with van der Waals surface area (Å²) in [7, 11) is -3.95. The van der Waals surface area contributed by atoms with E-state index in [0.717, 1.165) is 11.1 Å². The fourth-order valence-electron chi connectivity index (χ4n) is 2.37. The first kappa shape index (κ1) is 21.3. The number of aryl methyl sites for hydroxylation is 1. The average Bonchev–Trinajstić information content (AvgIpc) is 2.58. The number of hydrogen-bond acceptors (Lipinski definition) is 3. The molecule has 0 radical (unpaired) electrons. The molecule has 1 amide bonds. The molecule has 0 bridgehead atoms. The number of hydrogen-bond donors (Lipinski definition) is 2. The highest BCUT2D eigenvalue weighted by Gasteiger charge is 2.22. The van der Waals surface area contributed by atoms with Gasteiger partial charge < -0.3 is 5.32 Å². The summed E-state index contributed by atoms with van der Waals surface area (Å²) in [6.07, 6.45) is 0. The van der Waals surface area contributed by atoms with E-state index < -0.39 is 10.0 Å². The van der Waals surface area contributed by atoms with Gasteiger partial charge in [-0.3, -0.25) is 9.52 Å². The predicted molar refractivity (Wildman–Crippen MR) is 110 cm³/mol. The second-order valence-corrected chi connectivity index (χ2v) is 9.06. The highest BCUT2D eigenvalue weighted by atomic mass is 35.5. The Morgan fingerprint density at radius 3 is 2.37 bits per heavy atom. The molecule has 7 heteroatoms. The van der Waals surface area contributed by atoms with E-state index in [2.05, 4.69) is 10.0 Å². The van der Waals surface area contributed by atoms with E-state index >= 15 is 0 Å². The Morgan fingerprint density at radius 2 is 1.74 bits per heavy atom. The molecule has 0 aliphatic heterocycles. The number of anilines is 1. The van der Waals surface area contributed by atoms with E-state index in [4.69, 9.17) is 11.6 Å². The van der Waals surface area contributed by atoms with Gasteiger partial charge in [0, 0.05) is 11.6 Å². The third-order valence-electron chi connectivity index (χ3n) is 4.69. The quantitative estimate of drug-likeness (QED) is 0.737. The van der Waals surface area contributed by atoms with E-state index in [1.165, 1.54) is 18.2 Å². The minimum Gasteiger partial charge on any atom is -0.349 e. The summed E-state index contributed by atoms with van der Waals surface area (Å²) >= 11 is 6.13. The predicted octanol–water partition coefficient (Wildman–Crippen LogP) is 4.53. The van der Waals surface area contributed by atoms with Crippen LogP contribution >= 0.6 is 11.6 Å². The van der Waals surface area contributed by atoms with Crippen molar-refractivity contribution in [2.24, 2.45) is 5.92 Å². The summed E-state index contributed by atoms with van der Waals surface area (Å²) < 4.78 is 28.3. The molecule has 2 N–H and O–H groups in total. The lowest BCUT2D eigenvalue weighted by Crippen LogP contribution is -2.36. The van der Waals surface area contributed by atoms with Crippen molar-refractivity contribution in [1.29, 1.82) is 0 Å². The van der Waals surface area contributed by atoms with Crippen molar-refractivity contribution in [2.45, 2.75) is 45.6 Å². The van der Waals surface area contributed by atoms with Gasteiger partial charge in [-0.15, -0.1) is 0 Å². The molecule has 1 atom stereocenters. The number of amides is 1. The van der Waals surface area contributed by atoms with Crippen LogP contribution in [0.5, 0.6) is 0 Å². The first-order valence-electron chi connectivity index (χ1n) is 8.72. The minimum atomic E-state index is -3.95. The van der Waals surface area contributed by atoms with Crippen molar-refractivity contribution >= 4 is 33.2 Å². The zero-order chi connectivity index (χ0) is 20.4. The van der Waals surface area contributed by atoms with Gasteiger partial charge >= 0.3 is 0 Å². The summed E-state index contributed by atoms with van der Waals surface area (Å²) in [5, 5.41) is 2.92. The molecular formula is C20H25ClN2O3S. The lowest BCUT2D eigenvalue weighted by atomic mass is 10.1. The Balaban J connectivity index is 2.36. The molecule has 0 spiro atoms. The molecule has 0 heterocycles. The number of rotatable bonds is 6. The highest BCUT2D eigenvalue weighted by Crippen LogP contribution is 2.27. The molecule has 0 fully saturated rings. The Bertz CT molecular complexity index is 956. The van der Waals surface area contributed by atoms with Crippen molar-refractivity contribution in [1.82, 2.24) is 5.32 Å². The van der Waals surface area contributed by atoms with E-state index in [1.807, 2.05) is 40.7 Å². The Morgan fingerprint density at radius 1 is 1.07 bits per heavy atom. The van der Waals surface area contributed by atoms with Gasteiger partial charge in [0.05, 0.1) is 10.7 Å². The van der Waals surface area contributed by atoms with E-state index in [0.29, 0.717) is 5.69 Å². The molecule has 2 aromatic rings. The van der Waals surface area contributed by atoms with E-state index in [-0.39, 0.29) is 33.3 Å². The summed E-state index contributed by atoms with van der Waals surface area (Å²) in [5.74, 6) is -0.0773. The Hall–Kier alpha value is -2.05. The number of sulfonamides is 1. The SMILES string of the molecule is Cc1cccc(NS(=O)(=O)c2cc(C(=O)NC(C)C(C)C)ccc2Cl)c1C. The second-order valence-electron chi connectivity index (χ2n) is 7.00. The van der Waals surface area contributed by atoms with Crippen LogP contribution in [-0.2, 0) is 10.0 Å². The summed E-state index contributed by atoms with van der Waals surface area (Å²) in [4.78, 5) is 12.3. The van der Waals surface area contributed by atoms with Gasteiger partial charge in [0.25, 0.3) is 15.9 Å². The standard InChI is InChI=1S/C20H25ClN2O3S/c1-12(2)15(5)22-20(24)16-9-10-17(21)19(11-16)27(25,26)23-18-8-6-7-13(3)14(18)4/h6-12,15,23H,1-5H3,(H,22,24). The van der Waals surface area contributed by atoms with Crippen LogP contribution in [0.4, 0.5) is 5.69 Å². The van der Waals surface area contributed by atoms with Gasteiger partial charge in [-0.1, -0.05) is 37.6 Å². The first-order chi connectivity index (χ1) is 12.5. The van der Waals surface area contributed by atoms with Crippen LogP contribution in [0.2, 0.25) is 5.02 Å². The number of halogens is 1. The first-order valence-corrected chi connectivity index (χ1v) is 10.6. The van der Waals surface area contributed by atoms with Gasteiger partial charge in [0.1, 0.15) is 4.90 Å². The third kappa shape index (κ3) is 5.02. The molecule has 0 saturated carbocycles. The third-order valence-corrected chi connectivity index (χ3v) is 6.54. The molecule has 2 rings (SSSR count). The van der Waals surface area contributed by atoms with Gasteiger partial charge in [-0.2, -0.15) is 0 Å². The summed E-state index contributed by atoms with van der Waals surface area (Å²) in [6.45, 7) is 9.64. The Labute approximate surface area is 166 Å². The smallest absolute Gasteiger partial charge is 0.263 e. The molecule has 146 valence electrons. The van der Waals surface area contributed by atoms with E-state index in [1.54, 1.807) is 12.1 Å². The van der Waals surface area contributed by atoms with Crippen LogP contribution < -0.4 is 10.0 Å². The topological polar surface area (TPSA) is 75.3 Å². The van der Waals surface area contributed by atoms with Crippen LogP contribution in [-0.4, -0.2) is 20.4 Å². The number of carbonyl (C=O) groups is 1. The molecule has 27 heavy (non-hydrogen) atoms. The zero-order valence-corrected chi connectivity index (χ0v) is 17.7. The molecule has 1 unspecified atom stereocenters. The molecule has 5 nitrogen and oxygen atoms in total. The minimum absolute atomic E-state index is 0.0405. The van der Waals surface area contributed by atoms with Crippen LogP contribution in [0, 0.1) is 19.8 Å². The van der Waals surface area contributed by atoms with Crippen molar-refractivity contribution in [3.8, 4) is 0 Å². The van der Waals surface area contributed by atoms with Crippen molar-refractivity contribution in [2.75, 3.05) is 4.72 Å². The van der Waals surface area contributed by atoms with Crippen LogP contribution in [0.3, 0.4) is 0 Å².